The molecule has 1 unspecified atom stereocenters. The lowest BCUT2D eigenvalue weighted by Gasteiger charge is -2.26. The molecule has 2 aromatic heterocycles. The van der Waals surface area contributed by atoms with Gasteiger partial charge in [0.1, 0.15) is 11.8 Å². The van der Waals surface area contributed by atoms with Gasteiger partial charge in [0.05, 0.1) is 19.3 Å². The number of hydrogen-bond donors (Lipinski definition) is 1. The second kappa shape index (κ2) is 8.72. The van der Waals surface area contributed by atoms with Crippen molar-refractivity contribution in [1.82, 2.24) is 0 Å². The average molecular weight is 476 g/mol. The predicted octanol–water partition coefficient (Wildman–Crippen LogP) is 5.68. The topological polar surface area (TPSA) is 89.2 Å². The first-order chi connectivity index (χ1) is 16.5. The highest BCUT2D eigenvalue weighted by Gasteiger charge is 2.46. The quantitative estimate of drug-likeness (QED) is 0.346. The molecule has 7 nitrogen and oxygen atoms in total. The zero-order valence-corrected chi connectivity index (χ0v) is 19.3. The van der Waals surface area contributed by atoms with Crippen LogP contribution in [0.3, 0.4) is 0 Å². The van der Waals surface area contributed by atoms with Crippen LogP contribution in [0, 0.1) is 0 Å². The number of methoxy groups -OCH3 is 1. The van der Waals surface area contributed by atoms with E-state index < -0.39 is 23.5 Å². The van der Waals surface area contributed by atoms with E-state index in [-0.39, 0.29) is 11.3 Å². The lowest BCUT2D eigenvalue weighted by atomic mass is 10.00. The van der Waals surface area contributed by atoms with E-state index in [4.69, 9.17) is 13.9 Å². The van der Waals surface area contributed by atoms with Gasteiger partial charge in [-0.2, -0.15) is 0 Å². The third-order valence-corrected chi connectivity index (χ3v) is 6.55. The van der Waals surface area contributed by atoms with Crippen molar-refractivity contribution >= 4 is 39.7 Å². The van der Waals surface area contributed by atoms with Crippen molar-refractivity contribution in [2.75, 3.05) is 18.6 Å². The van der Waals surface area contributed by atoms with E-state index in [2.05, 4.69) is 0 Å². The Kier molecular flexibility index (Phi) is 5.59. The average Bonchev–Trinajstić information content (AvgIpc) is 3.58. The monoisotopic (exact) mass is 475 g/mol. The fraction of sp³-hybridized carbons (Fsp3) is 0.154. The number of furan rings is 1. The fourth-order valence-corrected chi connectivity index (χ4v) is 4.97. The number of carbonyl (C=O) groups excluding carboxylic acids is 2. The Bertz CT molecular complexity index is 1420. The smallest absolute Gasteiger partial charge is 0.294 e. The number of thiophene rings is 1. The van der Waals surface area contributed by atoms with Gasteiger partial charge in [-0.3, -0.25) is 14.5 Å². The van der Waals surface area contributed by atoms with Crippen LogP contribution >= 0.6 is 11.3 Å². The number of hydrogen-bond acceptors (Lipinski definition) is 7. The van der Waals surface area contributed by atoms with Gasteiger partial charge in [-0.15, -0.1) is 11.3 Å². The molecule has 172 valence electrons. The van der Waals surface area contributed by atoms with Crippen LogP contribution in [0.4, 0.5) is 5.69 Å². The Morgan fingerprint density at radius 2 is 1.97 bits per heavy atom. The van der Waals surface area contributed by atoms with Crippen LogP contribution in [0.1, 0.15) is 28.4 Å². The molecule has 0 saturated heterocycles. The molecule has 1 aliphatic rings. The molecule has 2 aromatic carbocycles. The van der Waals surface area contributed by atoms with Gasteiger partial charge < -0.3 is 19.0 Å². The summed E-state index contributed by atoms with van der Waals surface area (Å²) >= 11 is 1.39. The van der Waals surface area contributed by atoms with Crippen LogP contribution in [0.2, 0.25) is 0 Å². The molecule has 8 heteroatoms. The summed E-state index contributed by atoms with van der Waals surface area (Å²) in [5.41, 5.74) is 0.897. The first-order valence-electron chi connectivity index (χ1n) is 10.7. The minimum Gasteiger partial charge on any atom is -0.503 e. The van der Waals surface area contributed by atoms with Crippen LogP contribution in [0.5, 0.6) is 11.5 Å². The summed E-state index contributed by atoms with van der Waals surface area (Å²) in [5, 5.41) is 13.5. The number of anilines is 1. The number of fused-ring (bicyclic) bond motifs is 1. The van der Waals surface area contributed by atoms with Crippen molar-refractivity contribution in [3.05, 3.63) is 88.0 Å². The number of aliphatic hydroxyl groups is 1. The molecule has 0 fully saturated rings. The van der Waals surface area contributed by atoms with Gasteiger partial charge in [0.25, 0.3) is 5.91 Å². The molecule has 0 radical (unpaired) electrons. The van der Waals surface area contributed by atoms with Crippen LogP contribution in [-0.4, -0.2) is 30.5 Å². The van der Waals surface area contributed by atoms with E-state index in [1.165, 1.54) is 23.3 Å². The van der Waals surface area contributed by atoms with Crippen LogP contribution < -0.4 is 14.4 Å². The first-order valence-corrected chi connectivity index (χ1v) is 11.6. The number of ketones is 1. The molecular weight excluding hydrogens is 454 g/mol. The normalized spacial score (nSPS) is 15.9. The maximum atomic E-state index is 13.7. The largest absolute Gasteiger partial charge is 0.503 e. The van der Waals surface area contributed by atoms with Crippen molar-refractivity contribution in [2.24, 2.45) is 0 Å². The standard InChI is InChI=1S/C26H21NO6S/c1-3-32-17-9-5-8-16(14-17)27-22(20-11-6-12-34-20)21(24(29)26(27)30)23(28)19-13-15-7-4-10-18(31-2)25(15)33-19/h4-14,22,29H,3H2,1-2H3. The Morgan fingerprint density at radius 1 is 1.15 bits per heavy atom. The van der Waals surface area contributed by atoms with Crippen molar-refractivity contribution in [2.45, 2.75) is 13.0 Å². The van der Waals surface area contributed by atoms with E-state index in [9.17, 15) is 14.7 Å². The summed E-state index contributed by atoms with van der Waals surface area (Å²) in [6.45, 7) is 2.34. The number of ether oxygens (including phenoxy) is 2. The van der Waals surface area contributed by atoms with E-state index in [1.54, 1.807) is 48.5 Å². The Morgan fingerprint density at radius 3 is 2.71 bits per heavy atom. The van der Waals surface area contributed by atoms with Gasteiger partial charge in [0, 0.05) is 22.0 Å². The number of aliphatic hydroxyl groups excluding tert-OH is 1. The van der Waals surface area contributed by atoms with Gasteiger partial charge >= 0.3 is 0 Å². The van der Waals surface area contributed by atoms with Gasteiger partial charge in [0.2, 0.25) is 5.78 Å². The van der Waals surface area contributed by atoms with Gasteiger partial charge in [-0.1, -0.05) is 24.3 Å². The molecule has 0 bridgehead atoms. The minimum atomic E-state index is -0.813. The molecule has 1 amide bonds. The van der Waals surface area contributed by atoms with Gasteiger partial charge in [0.15, 0.2) is 22.9 Å². The van der Waals surface area contributed by atoms with Gasteiger partial charge in [-0.25, -0.2) is 0 Å². The summed E-state index contributed by atoms with van der Waals surface area (Å²) in [6, 6.07) is 16.8. The Hall–Kier alpha value is -4.04. The van der Waals surface area contributed by atoms with Crippen molar-refractivity contribution in [3.63, 3.8) is 0 Å². The molecule has 1 aliphatic heterocycles. The molecule has 0 aliphatic carbocycles. The van der Waals surface area contributed by atoms with Crippen LogP contribution in [-0.2, 0) is 4.79 Å². The van der Waals surface area contributed by atoms with E-state index >= 15 is 0 Å². The SMILES string of the molecule is CCOc1cccc(N2C(=O)C(O)=C(C(=O)c3cc4cccc(OC)c4o3)C2c2cccs2)c1. The van der Waals surface area contributed by atoms with E-state index in [0.29, 0.717) is 34.8 Å². The first kappa shape index (κ1) is 21.8. The predicted molar refractivity (Wildman–Crippen MR) is 129 cm³/mol. The summed E-state index contributed by atoms with van der Waals surface area (Å²) < 4.78 is 16.8. The third kappa shape index (κ3) is 3.52. The molecule has 1 atom stereocenters. The second-order valence-electron chi connectivity index (χ2n) is 7.60. The highest BCUT2D eigenvalue weighted by molar-refractivity contribution is 7.10. The van der Waals surface area contributed by atoms with Crippen molar-refractivity contribution in [1.29, 1.82) is 0 Å². The number of amides is 1. The molecule has 1 N–H and O–H groups in total. The highest BCUT2D eigenvalue weighted by atomic mass is 32.1. The number of Topliss-reactive ketones (excluding diaryl/α,β-unsaturated/α-hetero) is 1. The van der Waals surface area contributed by atoms with E-state index in [1.807, 2.05) is 24.4 Å². The summed E-state index contributed by atoms with van der Waals surface area (Å²) in [4.78, 5) is 29.1. The lowest BCUT2D eigenvalue weighted by Crippen LogP contribution is -2.30. The van der Waals surface area contributed by atoms with Crippen LogP contribution in [0.15, 0.2) is 81.8 Å². The summed E-state index contributed by atoms with van der Waals surface area (Å²) in [5.74, 6) is -0.740. The number of para-hydroxylation sites is 1. The Labute approximate surface area is 199 Å². The number of rotatable bonds is 7. The molecule has 4 aromatic rings. The summed E-state index contributed by atoms with van der Waals surface area (Å²) in [7, 11) is 1.52. The number of benzene rings is 2. The highest BCUT2D eigenvalue weighted by Crippen LogP contribution is 2.44. The second-order valence-corrected chi connectivity index (χ2v) is 8.58. The fourth-order valence-electron chi connectivity index (χ4n) is 4.15. The molecule has 34 heavy (non-hydrogen) atoms. The Balaban J connectivity index is 1.62. The van der Waals surface area contributed by atoms with E-state index in [0.717, 1.165) is 4.88 Å². The zero-order valence-electron chi connectivity index (χ0n) is 18.5. The maximum absolute atomic E-state index is 13.7. The molecule has 3 heterocycles. The third-order valence-electron chi connectivity index (χ3n) is 5.62. The van der Waals surface area contributed by atoms with Crippen LogP contribution in [0.25, 0.3) is 11.0 Å². The molecule has 0 spiro atoms. The zero-order chi connectivity index (χ0) is 23.8. The van der Waals surface area contributed by atoms with Crippen molar-refractivity contribution in [3.8, 4) is 11.5 Å². The van der Waals surface area contributed by atoms with Crippen molar-refractivity contribution < 1.29 is 28.6 Å². The van der Waals surface area contributed by atoms with Gasteiger partial charge in [-0.05, 0) is 42.6 Å². The number of carbonyl (C=O) groups is 2. The summed E-state index contributed by atoms with van der Waals surface area (Å²) in [6.07, 6.45) is 0. The lowest BCUT2D eigenvalue weighted by molar-refractivity contribution is -0.117. The molecule has 0 saturated carbocycles. The maximum Gasteiger partial charge on any atom is 0.294 e. The molecule has 5 rings (SSSR count). The molecular formula is C26H21NO6S. The number of nitrogens with zero attached hydrogens (tertiary/aromatic N) is 1. The minimum absolute atomic E-state index is 0.0142.